The summed E-state index contributed by atoms with van der Waals surface area (Å²) in [7, 11) is 0. The summed E-state index contributed by atoms with van der Waals surface area (Å²) in [6.07, 6.45) is 1.56. The summed E-state index contributed by atoms with van der Waals surface area (Å²) in [5.41, 5.74) is 4.63. The molecule has 5 nitrogen and oxygen atoms in total. The molecule has 0 atom stereocenters. The van der Waals surface area contributed by atoms with Crippen LogP contribution in [0, 0.1) is 0 Å². The summed E-state index contributed by atoms with van der Waals surface area (Å²) in [4.78, 5) is 7.77. The van der Waals surface area contributed by atoms with Gasteiger partial charge in [-0.2, -0.15) is 4.98 Å². The number of anilines is 2. The molecule has 14 heavy (non-hydrogen) atoms. The maximum absolute atomic E-state index is 9.49. The molecular formula is C8H13BrN4O. The SMILES string of the molecule is CC(C)(O)CNc1nc(N)ncc1Br. The Hall–Kier alpha value is -0.880. The van der Waals surface area contributed by atoms with Crippen LogP contribution in [0.1, 0.15) is 13.8 Å². The summed E-state index contributed by atoms with van der Waals surface area (Å²) >= 11 is 3.27. The Morgan fingerprint density at radius 3 is 2.86 bits per heavy atom. The van der Waals surface area contributed by atoms with E-state index in [2.05, 4.69) is 31.2 Å². The number of nitrogens with two attached hydrogens (primary N) is 1. The summed E-state index contributed by atoms with van der Waals surface area (Å²) in [5, 5.41) is 12.5. The van der Waals surface area contributed by atoms with Gasteiger partial charge in [-0.3, -0.25) is 0 Å². The van der Waals surface area contributed by atoms with Crippen molar-refractivity contribution < 1.29 is 5.11 Å². The maximum atomic E-state index is 9.49. The second-order valence-corrected chi connectivity index (χ2v) is 4.45. The number of aliphatic hydroxyl groups is 1. The minimum absolute atomic E-state index is 0.200. The molecule has 1 aromatic rings. The van der Waals surface area contributed by atoms with Gasteiger partial charge in [-0.1, -0.05) is 0 Å². The van der Waals surface area contributed by atoms with E-state index in [1.54, 1.807) is 20.0 Å². The molecule has 78 valence electrons. The standard InChI is InChI=1S/C8H13BrN4O/c1-8(2,14)4-12-6-5(9)3-11-7(10)13-6/h3,14H,4H2,1-2H3,(H3,10,11,12,13). The highest BCUT2D eigenvalue weighted by molar-refractivity contribution is 9.10. The number of halogens is 1. The van der Waals surface area contributed by atoms with Crippen LogP contribution in [0.3, 0.4) is 0 Å². The second kappa shape index (κ2) is 4.10. The Bertz CT molecular complexity index is 324. The molecular weight excluding hydrogens is 248 g/mol. The lowest BCUT2D eigenvalue weighted by Crippen LogP contribution is -2.29. The van der Waals surface area contributed by atoms with Crippen molar-refractivity contribution in [1.29, 1.82) is 0 Å². The third kappa shape index (κ3) is 3.47. The second-order valence-electron chi connectivity index (χ2n) is 3.59. The molecule has 6 heteroatoms. The normalized spacial score (nSPS) is 11.4. The molecule has 0 aliphatic rings. The number of nitrogens with zero attached hydrogens (tertiary/aromatic N) is 2. The highest BCUT2D eigenvalue weighted by Crippen LogP contribution is 2.19. The highest BCUT2D eigenvalue weighted by atomic mass is 79.9. The maximum Gasteiger partial charge on any atom is 0.221 e. The molecule has 0 fully saturated rings. The Kier molecular flexibility index (Phi) is 3.28. The summed E-state index contributed by atoms with van der Waals surface area (Å²) in [6, 6.07) is 0. The molecule has 0 bridgehead atoms. The molecule has 0 saturated carbocycles. The van der Waals surface area contributed by atoms with Crippen molar-refractivity contribution >= 4 is 27.7 Å². The Morgan fingerprint density at radius 2 is 2.29 bits per heavy atom. The van der Waals surface area contributed by atoms with Crippen LogP contribution in [-0.2, 0) is 0 Å². The molecule has 0 unspecified atom stereocenters. The van der Waals surface area contributed by atoms with Gasteiger partial charge in [-0.25, -0.2) is 4.98 Å². The molecule has 1 rings (SSSR count). The van der Waals surface area contributed by atoms with Crippen LogP contribution >= 0.6 is 15.9 Å². The summed E-state index contributed by atoms with van der Waals surface area (Å²) in [5.74, 6) is 0.783. The van der Waals surface area contributed by atoms with Crippen molar-refractivity contribution in [3.8, 4) is 0 Å². The number of hydrogen-bond acceptors (Lipinski definition) is 5. The lowest BCUT2D eigenvalue weighted by atomic mass is 10.1. The van der Waals surface area contributed by atoms with E-state index in [1.165, 1.54) is 0 Å². The lowest BCUT2D eigenvalue weighted by Gasteiger charge is -2.18. The average Bonchev–Trinajstić information content (AvgIpc) is 2.05. The van der Waals surface area contributed by atoms with Crippen LogP contribution in [0.2, 0.25) is 0 Å². The van der Waals surface area contributed by atoms with Gasteiger partial charge in [0.25, 0.3) is 0 Å². The van der Waals surface area contributed by atoms with E-state index in [-0.39, 0.29) is 5.95 Å². The van der Waals surface area contributed by atoms with Crippen LogP contribution in [0.15, 0.2) is 10.7 Å². The molecule has 0 saturated heterocycles. The number of rotatable bonds is 3. The van der Waals surface area contributed by atoms with Crippen molar-refractivity contribution in [1.82, 2.24) is 9.97 Å². The Morgan fingerprint density at radius 1 is 1.64 bits per heavy atom. The number of aromatic nitrogens is 2. The fraction of sp³-hybridized carbons (Fsp3) is 0.500. The van der Waals surface area contributed by atoms with E-state index in [0.717, 1.165) is 4.47 Å². The topological polar surface area (TPSA) is 84.1 Å². The summed E-state index contributed by atoms with van der Waals surface area (Å²) in [6.45, 7) is 3.80. The van der Waals surface area contributed by atoms with E-state index in [1.807, 2.05) is 0 Å². The van der Waals surface area contributed by atoms with Gasteiger partial charge >= 0.3 is 0 Å². The number of nitrogen functional groups attached to an aromatic ring is 1. The molecule has 0 aliphatic carbocycles. The molecule has 1 aromatic heterocycles. The van der Waals surface area contributed by atoms with E-state index >= 15 is 0 Å². The quantitative estimate of drug-likeness (QED) is 0.756. The molecule has 1 heterocycles. The van der Waals surface area contributed by atoms with Gasteiger partial charge in [0.1, 0.15) is 5.82 Å². The zero-order valence-electron chi connectivity index (χ0n) is 8.08. The van der Waals surface area contributed by atoms with Gasteiger partial charge in [0.2, 0.25) is 5.95 Å². The predicted molar refractivity (Wildman–Crippen MR) is 58.9 cm³/mol. The minimum Gasteiger partial charge on any atom is -0.389 e. The van der Waals surface area contributed by atoms with Crippen LogP contribution in [0.4, 0.5) is 11.8 Å². The largest absolute Gasteiger partial charge is 0.389 e. The first-order valence-electron chi connectivity index (χ1n) is 4.13. The van der Waals surface area contributed by atoms with Gasteiger partial charge in [-0.15, -0.1) is 0 Å². The third-order valence-electron chi connectivity index (χ3n) is 1.45. The Labute approximate surface area is 90.9 Å². The molecule has 0 aliphatic heterocycles. The van der Waals surface area contributed by atoms with Gasteiger partial charge in [0.05, 0.1) is 10.1 Å². The predicted octanol–water partition coefficient (Wildman–Crippen LogP) is 1.00. The third-order valence-corrected chi connectivity index (χ3v) is 2.03. The fourth-order valence-corrected chi connectivity index (χ4v) is 1.14. The van der Waals surface area contributed by atoms with Gasteiger partial charge in [0, 0.05) is 12.7 Å². The highest BCUT2D eigenvalue weighted by Gasteiger charge is 2.13. The van der Waals surface area contributed by atoms with Crippen molar-refractivity contribution in [2.75, 3.05) is 17.6 Å². The first-order valence-corrected chi connectivity index (χ1v) is 4.92. The van der Waals surface area contributed by atoms with Gasteiger partial charge in [0.15, 0.2) is 0 Å². The van der Waals surface area contributed by atoms with E-state index in [0.29, 0.717) is 12.4 Å². The first-order chi connectivity index (χ1) is 6.38. The Balaban J connectivity index is 2.72. The molecule has 0 spiro atoms. The minimum atomic E-state index is -0.793. The van der Waals surface area contributed by atoms with E-state index in [4.69, 9.17) is 5.73 Å². The molecule has 0 amide bonds. The average molecular weight is 261 g/mol. The van der Waals surface area contributed by atoms with Crippen molar-refractivity contribution in [2.24, 2.45) is 0 Å². The van der Waals surface area contributed by atoms with Crippen molar-refractivity contribution in [2.45, 2.75) is 19.4 Å². The lowest BCUT2D eigenvalue weighted by molar-refractivity contribution is 0.0944. The van der Waals surface area contributed by atoms with Crippen LogP contribution in [0.5, 0.6) is 0 Å². The van der Waals surface area contributed by atoms with Crippen LogP contribution < -0.4 is 11.1 Å². The smallest absolute Gasteiger partial charge is 0.221 e. The molecule has 4 N–H and O–H groups in total. The zero-order valence-corrected chi connectivity index (χ0v) is 9.67. The zero-order chi connectivity index (χ0) is 10.8. The fourth-order valence-electron chi connectivity index (χ4n) is 0.805. The van der Waals surface area contributed by atoms with E-state index in [9.17, 15) is 5.11 Å². The van der Waals surface area contributed by atoms with Gasteiger partial charge < -0.3 is 16.2 Å². The molecule has 0 radical (unpaired) electrons. The monoisotopic (exact) mass is 260 g/mol. The van der Waals surface area contributed by atoms with Crippen molar-refractivity contribution in [3.63, 3.8) is 0 Å². The summed E-state index contributed by atoms with van der Waals surface area (Å²) < 4.78 is 0.718. The van der Waals surface area contributed by atoms with Crippen molar-refractivity contribution in [3.05, 3.63) is 10.7 Å². The number of hydrogen-bond donors (Lipinski definition) is 3. The van der Waals surface area contributed by atoms with E-state index < -0.39 is 5.60 Å². The number of nitrogens with one attached hydrogen (secondary N) is 1. The van der Waals surface area contributed by atoms with Gasteiger partial charge in [-0.05, 0) is 29.8 Å². The molecule has 0 aromatic carbocycles. The van der Waals surface area contributed by atoms with Crippen LogP contribution in [-0.4, -0.2) is 27.2 Å². The van der Waals surface area contributed by atoms with Crippen LogP contribution in [0.25, 0.3) is 0 Å². The first kappa shape index (κ1) is 11.2.